The van der Waals surface area contributed by atoms with Gasteiger partial charge in [-0.2, -0.15) is 0 Å². The third-order valence-corrected chi connectivity index (χ3v) is 3.22. The number of rotatable bonds is 6. The molecule has 1 aliphatic rings. The van der Waals surface area contributed by atoms with E-state index in [4.69, 9.17) is 19.9 Å². The zero-order chi connectivity index (χ0) is 14.0. The van der Waals surface area contributed by atoms with Gasteiger partial charge in [0.2, 0.25) is 0 Å². The van der Waals surface area contributed by atoms with E-state index in [2.05, 4.69) is 6.92 Å². The van der Waals surface area contributed by atoms with Crippen LogP contribution in [0.15, 0.2) is 12.1 Å². The normalized spacial score (nSPS) is 21.0. The molecule has 1 aliphatic heterocycles. The molecule has 0 aliphatic carbocycles. The van der Waals surface area contributed by atoms with Gasteiger partial charge < -0.3 is 19.9 Å². The van der Waals surface area contributed by atoms with E-state index < -0.39 is 0 Å². The first-order valence-corrected chi connectivity index (χ1v) is 6.33. The Hall–Kier alpha value is -1.75. The summed E-state index contributed by atoms with van der Waals surface area (Å²) < 4.78 is 15.7. The number of carbonyl (C=O) groups excluding carboxylic acids is 1. The van der Waals surface area contributed by atoms with Crippen LogP contribution >= 0.6 is 0 Å². The van der Waals surface area contributed by atoms with E-state index in [1.807, 2.05) is 0 Å². The Morgan fingerprint density at radius 2 is 2.11 bits per heavy atom. The predicted octanol–water partition coefficient (Wildman–Crippen LogP) is 2.04. The third kappa shape index (κ3) is 2.66. The highest BCUT2D eigenvalue weighted by Crippen LogP contribution is 2.37. The van der Waals surface area contributed by atoms with Crippen molar-refractivity contribution in [1.82, 2.24) is 0 Å². The SMILES string of the molecule is CCCC1OC1C(=O)c1c(N)cc(OC)cc1OC. The van der Waals surface area contributed by atoms with Gasteiger partial charge in [-0.3, -0.25) is 4.79 Å². The average molecular weight is 265 g/mol. The van der Waals surface area contributed by atoms with E-state index in [0.717, 1.165) is 12.8 Å². The lowest BCUT2D eigenvalue weighted by atomic mass is 10.0. The van der Waals surface area contributed by atoms with Crippen molar-refractivity contribution in [1.29, 1.82) is 0 Å². The first-order chi connectivity index (χ1) is 9.12. The van der Waals surface area contributed by atoms with Crippen molar-refractivity contribution in [3.8, 4) is 11.5 Å². The molecule has 1 aromatic carbocycles. The number of Topliss-reactive ketones (excluding diaryl/α,β-unsaturated/α-hetero) is 1. The summed E-state index contributed by atoms with van der Waals surface area (Å²) in [6.45, 7) is 2.06. The maximum Gasteiger partial charge on any atom is 0.200 e. The smallest absolute Gasteiger partial charge is 0.200 e. The molecule has 2 atom stereocenters. The third-order valence-electron chi connectivity index (χ3n) is 3.22. The van der Waals surface area contributed by atoms with Crippen molar-refractivity contribution >= 4 is 11.5 Å². The van der Waals surface area contributed by atoms with Gasteiger partial charge in [0, 0.05) is 17.8 Å². The number of nitrogen functional groups attached to an aromatic ring is 1. The first-order valence-electron chi connectivity index (χ1n) is 6.33. The van der Waals surface area contributed by atoms with Crippen LogP contribution in [0.3, 0.4) is 0 Å². The summed E-state index contributed by atoms with van der Waals surface area (Å²) >= 11 is 0. The number of ether oxygens (including phenoxy) is 3. The molecule has 0 spiro atoms. The van der Waals surface area contributed by atoms with Gasteiger partial charge in [0.25, 0.3) is 0 Å². The Morgan fingerprint density at radius 1 is 1.37 bits per heavy atom. The van der Waals surface area contributed by atoms with Gasteiger partial charge in [-0.05, 0) is 6.42 Å². The van der Waals surface area contributed by atoms with Crippen LogP contribution in [0.5, 0.6) is 11.5 Å². The standard InChI is InChI=1S/C14H19NO4/c1-4-5-10-14(19-10)13(16)12-9(15)6-8(17-2)7-11(12)18-3/h6-7,10,14H,4-5,15H2,1-3H3. The molecule has 0 bridgehead atoms. The van der Waals surface area contributed by atoms with Crippen LogP contribution in [0.4, 0.5) is 5.69 Å². The molecule has 5 nitrogen and oxygen atoms in total. The maximum absolute atomic E-state index is 12.4. The fourth-order valence-electron chi connectivity index (χ4n) is 2.17. The number of nitrogens with two attached hydrogens (primary N) is 1. The van der Waals surface area contributed by atoms with Crippen LogP contribution in [-0.2, 0) is 4.74 Å². The minimum Gasteiger partial charge on any atom is -0.497 e. The van der Waals surface area contributed by atoms with Crippen molar-refractivity contribution in [2.24, 2.45) is 0 Å². The van der Waals surface area contributed by atoms with E-state index in [1.54, 1.807) is 12.1 Å². The fourth-order valence-corrected chi connectivity index (χ4v) is 2.17. The number of methoxy groups -OCH3 is 2. The second-order valence-corrected chi connectivity index (χ2v) is 4.54. The summed E-state index contributed by atoms with van der Waals surface area (Å²) in [6, 6.07) is 3.27. The van der Waals surface area contributed by atoms with Crippen LogP contribution in [0.2, 0.25) is 0 Å². The number of carbonyl (C=O) groups is 1. The zero-order valence-electron chi connectivity index (χ0n) is 11.4. The van der Waals surface area contributed by atoms with Crippen LogP contribution in [0, 0.1) is 0 Å². The molecule has 2 unspecified atom stereocenters. The van der Waals surface area contributed by atoms with Crippen LogP contribution < -0.4 is 15.2 Å². The second-order valence-electron chi connectivity index (χ2n) is 4.54. The number of benzene rings is 1. The molecule has 2 rings (SSSR count). The van der Waals surface area contributed by atoms with Crippen LogP contribution in [0.25, 0.3) is 0 Å². The second kappa shape index (κ2) is 5.48. The highest BCUT2D eigenvalue weighted by atomic mass is 16.6. The Labute approximate surface area is 112 Å². The Bertz CT molecular complexity index is 487. The van der Waals surface area contributed by atoms with Gasteiger partial charge in [-0.1, -0.05) is 13.3 Å². The summed E-state index contributed by atoms with van der Waals surface area (Å²) in [4.78, 5) is 12.4. The van der Waals surface area contributed by atoms with Crippen molar-refractivity contribution in [3.05, 3.63) is 17.7 Å². The zero-order valence-corrected chi connectivity index (χ0v) is 11.4. The van der Waals surface area contributed by atoms with Gasteiger partial charge in [-0.25, -0.2) is 0 Å². The van der Waals surface area contributed by atoms with Crippen molar-refractivity contribution in [2.45, 2.75) is 32.0 Å². The van der Waals surface area contributed by atoms with Gasteiger partial charge >= 0.3 is 0 Å². The number of hydrogen-bond acceptors (Lipinski definition) is 5. The molecule has 1 fully saturated rings. The molecule has 1 aromatic rings. The molecule has 1 saturated heterocycles. The fraction of sp³-hybridized carbons (Fsp3) is 0.500. The number of anilines is 1. The van der Waals surface area contributed by atoms with Gasteiger partial charge in [0.15, 0.2) is 5.78 Å². The van der Waals surface area contributed by atoms with E-state index in [-0.39, 0.29) is 18.0 Å². The highest BCUT2D eigenvalue weighted by Gasteiger charge is 2.45. The van der Waals surface area contributed by atoms with Gasteiger partial charge in [-0.15, -0.1) is 0 Å². The van der Waals surface area contributed by atoms with E-state index in [0.29, 0.717) is 22.7 Å². The average Bonchev–Trinajstić information content (AvgIpc) is 3.16. The molecular formula is C14H19NO4. The molecule has 1 heterocycles. The predicted molar refractivity (Wildman–Crippen MR) is 71.9 cm³/mol. The summed E-state index contributed by atoms with van der Waals surface area (Å²) in [5.41, 5.74) is 6.66. The lowest BCUT2D eigenvalue weighted by Crippen LogP contribution is -2.14. The van der Waals surface area contributed by atoms with E-state index in [1.165, 1.54) is 14.2 Å². The minimum atomic E-state index is -0.385. The number of epoxide rings is 1. The Morgan fingerprint density at radius 3 is 2.68 bits per heavy atom. The van der Waals surface area contributed by atoms with Crippen molar-refractivity contribution in [2.75, 3.05) is 20.0 Å². The summed E-state index contributed by atoms with van der Waals surface area (Å²) in [5.74, 6) is 0.871. The first kappa shape index (κ1) is 13.7. The number of hydrogen-bond donors (Lipinski definition) is 1. The lowest BCUT2D eigenvalue weighted by Gasteiger charge is -2.11. The van der Waals surface area contributed by atoms with E-state index >= 15 is 0 Å². The summed E-state index contributed by atoms with van der Waals surface area (Å²) in [6.07, 6.45) is 1.51. The number of ketones is 1. The molecule has 104 valence electrons. The van der Waals surface area contributed by atoms with Gasteiger partial charge in [0.1, 0.15) is 17.6 Å². The Balaban J connectivity index is 2.27. The van der Waals surface area contributed by atoms with Crippen molar-refractivity contribution in [3.63, 3.8) is 0 Å². The van der Waals surface area contributed by atoms with Crippen LogP contribution in [-0.4, -0.2) is 32.2 Å². The minimum absolute atomic E-state index is 0.0173. The molecule has 19 heavy (non-hydrogen) atoms. The summed E-state index contributed by atoms with van der Waals surface area (Å²) in [7, 11) is 3.04. The van der Waals surface area contributed by atoms with Gasteiger partial charge in [0.05, 0.1) is 25.9 Å². The van der Waals surface area contributed by atoms with Crippen LogP contribution in [0.1, 0.15) is 30.1 Å². The quantitative estimate of drug-likeness (QED) is 0.484. The molecule has 2 N–H and O–H groups in total. The topological polar surface area (TPSA) is 74.1 Å². The molecule has 5 heteroatoms. The molecular weight excluding hydrogens is 246 g/mol. The monoisotopic (exact) mass is 265 g/mol. The highest BCUT2D eigenvalue weighted by molar-refractivity contribution is 6.07. The molecule has 0 saturated carbocycles. The lowest BCUT2D eigenvalue weighted by molar-refractivity contribution is 0.0951. The Kier molecular flexibility index (Phi) is 3.95. The molecule has 0 aromatic heterocycles. The van der Waals surface area contributed by atoms with E-state index in [9.17, 15) is 4.79 Å². The summed E-state index contributed by atoms with van der Waals surface area (Å²) in [5, 5.41) is 0. The molecule has 0 radical (unpaired) electrons. The molecule has 0 amide bonds. The maximum atomic E-state index is 12.4. The van der Waals surface area contributed by atoms with Crippen molar-refractivity contribution < 1.29 is 19.0 Å². The largest absolute Gasteiger partial charge is 0.497 e.